The molecule has 0 aliphatic heterocycles. The second-order valence-electron chi connectivity index (χ2n) is 9.89. The first-order chi connectivity index (χ1) is 19.0. The quantitative estimate of drug-likeness (QED) is 0.192. The lowest BCUT2D eigenvalue weighted by atomic mass is 9.60. The van der Waals surface area contributed by atoms with Gasteiger partial charge >= 0.3 is 5.97 Å². The first-order valence-corrected chi connectivity index (χ1v) is 12.7. The zero-order valence-electron chi connectivity index (χ0n) is 21.2. The molecule has 1 fully saturated rings. The van der Waals surface area contributed by atoms with Crippen LogP contribution in [0, 0.1) is 16.0 Å². The highest BCUT2D eigenvalue weighted by Gasteiger charge is 2.83. The minimum Gasteiger partial charge on any atom is -0.469 e. The van der Waals surface area contributed by atoms with E-state index in [9.17, 15) is 14.9 Å². The number of ether oxygens (including phenoxy) is 1. The lowest BCUT2D eigenvalue weighted by molar-refractivity contribution is -0.534. The number of allylic oxidation sites excluding steroid dienone is 1. The first-order valence-electron chi connectivity index (χ1n) is 12.7. The molecule has 0 radical (unpaired) electrons. The standard InChI is InChI=1S/C33H25NO5/c1-39-30(35)28-29(34(37)38)33(25-20-12-5-13-21-25)27(23-16-8-3-9-17-23)26(22-14-6-2-7-15-22)32(28,31(33)36)24-18-10-4-11-19-24/h2-21,28-29H,1H3. The van der Waals surface area contributed by atoms with Gasteiger partial charge in [0.15, 0.2) is 5.78 Å². The van der Waals surface area contributed by atoms with Gasteiger partial charge in [0.1, 0.15) is 16.7 Å². The molecule has 6 heteroatoms. The number of hydrogen-bond acceptors (Lipinski definition) is 5. The zero-order valence-corrected chi connectivity index (χ0v) is 21.2. The number of fused-ring (bicyclic) bond motifs is 2. The molecule has 192 valence electrons. The van der Waals surface area contributed by atoms with E-state index in [1.54, 1.807) is 48.5 Å². The third kappa shape index (κ3) is 3.15. The molecule has 0 spiro atoms. The van der Waals surface area contributed by atoms with Crippen LogP contribution in [-0.2, 0) is 25.2 Å². The van der Waals surface area contributed by atoms with Crippen LogP contribution in [0.1, 0.15) is 22.3 Å². The van der Waals surface area contributed by atoms with Crippen molar-refractivity contribution in [3.05, 3.63) is 154 Å². The van der Waals surface area contributed by atoms with Gasteiger partial charge < -0.3 is 4.74 Å². The number of carbonyl (C=O) groups is 2. The normalized spacial score (nSPS) is 25.5. The summed E-state index contributed by atoms with van der Waals surface area (Å²) in [6, 6.07) is 34.9. The summed E-state index contributed by atoms with van der Waals surface area (Å²) in [6.45, 7) is 0. The van der Waals surface area contributed by atoms with Crippen molar-refractivity contribution in [2.24, 2.45) is 5.92 Å². The van der Waals surface area contributed by atoms with E-state index in [-0.39, 0.29) is 5.78 Å². The highest BCUT2D eigenvalue weighted by atomic mass is 16.6. The van der Waals surface area contributed by atoms with Gasteiger partial charge in [-0.05, 0) is 33.4 Å². The maximum absolute atomic E-state index is 15.4. The molecular weight excluding hydrogens is 490 g/mol. The largest absolute Gasteiger partial charge is 0.469 e. The molecule has 0 aromatic heterocycles. The number of methoxy groups -OCH3 is 1. The van der Waals surface area contributed by atoms with Crippen molar-refractivity contribution >= 4 is 22.9 Å². The van der Waals surface area contributed by atoms with E-state index in [2.05, 4.69) is 0 Å². The van der Waals surface area contributed by atoms with Crippen molar-refractivity contribution in [3.8, 4) is 0 Å². The van der Waals surface area contributed by atoms with Crippen molar-refractivity contribution in [2.45, 2.75) is 16.9 Å². The molecule has 39 heavy (non-hydrogen) atoms. The molecule has 6 rings (SSSR count). The van der Waals surface area contributed by atoms with Crippen LogP contribution in [0.3, 0.4) is 0 Å². The van der Waals surface area contributed by atoms with Crippen molar-refractivity contribution in [3.63, 3.8) is 0 Å². The van der Waals surface area contributed by atoms with Gasteiger partial charge in [0.2, 0.25) is 6.04 Å². The molecule has 1 saturated carbocycles. The molecule has 4 atom stereocenters. The summed E-state index contributed by atoms with van der Waals surface area (Å²) in [4.78, 5) is 41.8. The summed E-state index contributed by atoms with van der Waals surface area (Å²) in [7, 11) is 1.22. The zero-order chi connectivity index (χ0) is 27.2. The van der Waals surface area contributed by atoms with Gasteiger partial charge in [-0.1, -0.05) is 121 Å². The first kappa shape index (κ1) is 24.5. The smallest absolute Gasteiger partial charge is 0.317 e. The summed E-state index contributed by atoms with van der Waals surface area (Å²) in [5.74, 6) is -2.57. The summed E-state index contributed by atoms with van der Waals surface area (Å²) in [5, 5.41) is 13.2. The number of rotatable bonds is 6. The summed E-state index contributed by atoms with van der Waals surface area (Å²) >= 11 is 0. The van der Waals surface area contributed by atoms with Crippen molar-refractivity contribution in [2.75, 3.05) is 7.11 Å². The Bertz CT molecular complexity index is 1600. The van der Waals surface area contributed by atoms with E-state index in [0.717, 1.165) is 5.56 Å². The second-order valence-corrected chi connectivity index (χ2v) is 9.89. The fraction of sp³-hybridized carbons (Fsp3) is 0.152. The average molecular weight is 516 g/mol. The van der Waals surface area contributed by atoms with Gasteiger partial charge in [0.25, 0.3) is 0 Å². The number of ketones is 1. The predicted molar refractivity (Wildman–Crippen MR) is 147 cm³/mol. The Hall–Kier alpha value is -4.84. The molecular formula is C33H25NO5. The molecule has 4 aromatic carbocycles. The van der Waals surface area contributed by atoms with E-state index in [4.69, 9.17) is 4.74 Å². The van der Waals surface area contributed by atoms with E-state index < -0.39 is 33.7 Å². The predicted octanol–water partition coefficient (Wildman–Crippen LogP) is 5.50. The molecule has 2 aliphatic carbocycles. The van der Waals surface area contributed by atoms with E-state index in [1.807, 2.05) is 72.8 Å². The minimum absolute atomic E-state index is 0.387. The average Bonchev–Trinajstić information content (AvgIpc) is 3.38. The van der Waals surface area contributed by atoms with Crippen molar-refractivity contribution in [1.29, 1.82) is 0 Å². The lowest BCUT2D eigenvalue weighted by Crippen LogP contribution is -2.51. The molecule has 0 N–H and O–H groups in total. The number of carbonyl (C=O) groups excluding carboxylic acids is 2. The van der Waals surface area contributed by atoms with Gasteiger partial charge in [-0.25, -0.2) is 0 Å². The van der Waals surface area contributed by atoms with Crippen LogP contribution in [0.25, 0.3) is 11.1 Å². The maximum atomic E-state index is 15.4. The van der Waals surface area contributed by atoms with Crippen LogP contribution < -0.4 is 0 Å². The van der Waals surface area contributed by atoms with Gasteiger partial charge in [0.05, 0.1) is 7.11 Å². The Morgan fingerprint density at radius 2 is 1.08 bits per heavy atom. The van der Waals surface area contributed by atoms with Crippen LogP contribution in [0.15, 0.2) is 121 Å². The SMILES string of the molecule is COC(=O)C1C([N+](=O)[O-])C2(c3ccccc3)C(=O)C1(c1ccccc1)C(c1ccccc1)=C2c1ccccc1. The Balaban J connectivity index is 1.90. The van der Waals surface area contributed by atoms with Crippen LogP contribution in [0.4, 0.5) is 0 Å². The fourth-order valence-corrected chi connectivity index (χ4v) is 6.97. The number of nitro groups is 1. The Labute approximate surface area is 225 Å². The summed E-state index contributed by atoms with van der Waals surface area (Å²) in [6.07, 6.45) is 0. The van der Waals surface area contributed by atoms with E-state index >= 15 is 4.79 Å². The molecule has 4 aromatic rings. The van der Waals surface area contributed by atoms with Crippen LogP contribution in [0.5, 0.6) is 0 Å². The van der Waals surface area contributed by atoms with Crippen molar-refractivity contribution < 1.29 is 19.2 Å². The molecule has 0 heterocycles. The topological polar surface area (TPSA) is 86.5 Å². The number of nitrogens with zero attached hydrogens (tertiary/aromatic N) is 1. The molecule has 2 bridgehead atoms. The summed E-state index contributed by atoms with van der Waals surface area (Å²) in [5.41, 5.74) is 0.177. The van der Waals surface area contributed by atoms with Crippen LogP contribution >= 0.6 is 0 Å². The van der Waals surface area contributed by atoms with Gasteiger partial charge in [0, 0.05) is 4.92 Å². The second kappa shape index (κ2) is 9.17. The van der Waals surface area contributed by atoms with Gasteiger partial charge in [-0.15, -0.1) is 0 Å². The third-order valence-corrected chi connectivity index (χ3v) is 8.25. The molecule has 0 amide bonds. The highest BCUT2D eigenvalue weighted by Crippen LogP contribution is 2.71. The highest BCUT2D eigenvalue weighted by molar-refractivity contribution is 6.31. The molecule has 6 nitrogen and oxygen atoms in total. The number of Topliss-reactive ketones (excluding diaryl/α,β-unsaturated/α-hetero) is 1. The van der Waals surface area contributed by atoms with Gasteiger partial charge in [-0.3, -0.25) is 19.7 Å². The van der Waals surface area contributed by atoms with E-state index in [0.29, 0.717) is 27.8 Å². The Kier molecular flexibility index (Phi) is 5.76. The van der Waals surface area contributed by atoms with E-state index in [1.165, 1.54) is 7.11 Å². The Morgan fingerprint density at radius 1 is 0.692 bits per heavy atom. The number of benzene rings is 4. The molecule has 4 unspecified atom stereocenters. The van der Waals surface area contributed by atoms with Crippen LogP contribution in [-0.4, -0.2) is 29.8 Å². The number of esters is 1. The monoisotopic (exact) mass is 515 g/mol. The summed E-state index contributed by atoms with van der Waals surface area (Å²) < 4.78 is 5.25. The van der Waals surface area contributed by atoms with Crippen LogP contribution in [0.2, 0.25) is 0 Å². The fourth-order valence-electron chi connectivity index (χ4n) is 6.97. The molecule has 2 aliphatic rings. The maximum Gasteiger partial charge on any atom is 0.317 e. The van der Waals surface area contributed by atoms with Crippen molar-refractivity contribution in [1.82, 2.24) is 0 Å². The Morgan fingerprint density at radius 3 is 1.49 bits per heavy atom. The lowest BCUT2D eigenvalue weighted by Gasteiger charge is -2.39. The minimum atomic E-state index is -1.74. The van der Waals surface area contributed by atoms with Gasteiger partial charge in [-0.2, -0.15) is 0 Å². The number of hydrogen-bond donors (Lipinski definition) is 0. The molecule has 0 saturated heterocycles. The third-order valence-electron chi connectivity index (χ3n) is 8.25.